The molecule has 0 amide bonds. The van der Waals surface area contributed by atoms with Crippen molar-refractivity contribution in [3.05, 3.63) is 0 Å². The smallest absolute Gasteiger partial charge is 0.316 e. The monoisotopic (exact) mass is 214 g/mol. The number of hydrogen-bond acceptors (Lipinski definition) is 4. The van der Waals surface area contributed by atoms with Gasteiger partial charge in [-0.25, -0.2) is 0 Å². The summed E-state index contributed by atoms with van der Waals surface area (Å²) in [4.78, 5) is 34.0. The predicted octanol–water partition coefficient (Wildman–Crippen LogP) is 1.37. The lowest BCUT2D eigenvalue weighted by molar-refractivity contribution is -0.154. The minimum absolute atomic E-state index is 0.0597. The Hall–Kier alpha value is -1.19. The van der Waals surface area contributed by atoms with E-state index in [-0.39, 0.29) is 30.5 Å². The van der Waals surface area contributed by atoms with Gasteiger partial charge in [-0.15, -0.1) is 0 Å². The quantitative estimate of drug-likeness (QED) is 0.495. The molecule has 0 saturated heterocycles. The minimum Gasteiger partial charge on any atom is -0.465 e. The average molecular weight is 214 g/mol. The number of carbonyl (C=O) groups excluding carboxylic acids is 3. The molecule has 0 aliphatic carbocycles. The van der Waals surface area contributed by atoms with Crippen molar-refractivity contribution < 1.29 is 19.1 Å². The van der Waals surface area contributed by atoms with E-state index in [1.54, 1.807) is 20.8 Å². The van der Waals surface area contributed by atoms with Crippen molar-refractivity contribution in [3.63, 3.8) is 0 Å². The summed E-state index contributed by atoms with van der Waals surface area (Å²) >= 11 is 0. The molecule has 0 spiro atoms. The van der Waals surface area contributed by atoms with E-state index in [4.69, 9.17) is 4.74 Å². The van der Waals surface area contributed by atoms with E-state index in [0.29, 0.717) is 0 Å². The summed E-state index contributed by atoms with van der Waals surface area (Å²) in [5.74, 6) is -2.20. The first-order chi connectivity index (χ1) is 6.90. The Kier molecular flexibility index (Phi) is 5.82. The Morgan fingerprint density at radius 1 is 1.20 bits per heavy atom. The Morgan fingerprint density at radius 3 is 2.07 bits per heavy atom. The fraction of sp³-hybridized carbons (Fsp3) is 0.727. The summed E-state index contributed by atoms with van der Waals surface area (Å²) in [6.07, 6.45) is -0.0597. The molecule has 0 radical (unpaired) electrons. The van der Waals surface area contributed by atoms with Gasteiger partial charge >= 0.3 is 5.97 Å². The van der Waals surface area contributed by atoms with Gasteiger partial charge in [0.1, 0.15) is 17.5 Å². The number of rotatable bonds is 6. The molecule has 0 aromatic rings. The van der Waals surface area contributed by atoms with Gasteiger partial charge < -0.3 is 4.74 Å². The van der Waals surface area contributed by atoms with Crippen molar-refractivity contribution in [3.8, 4) is 0 Å². The molecule has 0 rings (SSSR count). The number of hydrogen-bond donors (Lipinski definition) is 0. The zero-order chi connectivity index (χ0) is 12.0. The van der Waals surface area contributed by atoms with Crippen LogP contribution in [-0.4, -0.2) is 24.1 Å². The third-order valence-corrected chi connectivity index (χ3v) is 1.98. The molecule has 86 valence electrons. The zero-order valence-electron chi connectivity index (χ0n) is 9.70. The van der Waals surface area contributed by atoms with Gasteiger partial charge in [-0.2, -0.15) is 0 Å². The average Bonchev–Trinajstić information content (AvgIpc) is 2.13. The van der Waals surface area contributed by atoms with Crippen LogP contribution in [-0.2, 0) is 19.1 Å². The van der Waals surface area contributed by atoms with Crippen molar-refractivity contribution in [2.24, 2.45) is 11.8 Å². The Bertz CT molecular complexity index is 255. The Morgan fingerprint density at radius 2 is 1.73 bits per heavy atom. The fourth-order valence-corrected chi connectivity index (χ4v) is 1.23. The van der Waals surface area contributed by atoms with Crippen molar-refractivity contribution in [2.75, 3.05) is 6.61 Å². The normalized spacial score (nSPS) is 12.3. The van der Waals surface area contributed by atoms with Crippen LogP contribution >= 0.6 is 0 Å². The molecule has 1 unspecified atom stereocenters. The Labute approximate surface area is 90.0 Å². The largest absolute Gasteiger partial charge is 0.465 e. The number of carbonyl (C=O) groups is 3. The summed E-state index contributed by atoms with van der Waals surface area (Å²) in [5.41, 5.74) is 0. The van der Waals surface area contributed by atoms with Crippen LogP contribution in [0, 0.1) is 11.8 Å². The maximum atomic E-state index is 11.6. The molecular formula is C11H18O4. The highest BCUT2D eigenvalue weighted by Crippen LogP contribution is 2.13. The highest BCUT2D eigenvalue weighted by molar-refractivity contribution is 6.02. The summed E-state index contributed by atoms with van der Waals surface area (Å²) in [6, 6.07) is 0. The number of ether oxygens (including phenoxy) is 1. The van der Waals surface area contributed by atoms with Gasteiger partial charge in [0, 0.05) is 12.3 Å². The molecule has 4 heteroatoms. The van der Waals surface area contributed by atoms with Crippen molar-refractivity contribution in [2.45, 2.75) is 34.1 Å². The lowest BCUT2D eigenvalue weighted by atomic mass is 9.91. The molecule has 1 atom stereocenters. The summed E-state index contributed by atoms with van der Waals surface area (Å²) in [6.45, 7) is 6.66. The summed E-state index contributed by atoms with van der Waals surface area (Å²) < 4.78 is 4.76. The van der Waals surface area contributed by atoms with E-state index < -0.39 is 11.9 Å². The van der Waals surface area contributed by atoms with Gasteiger partial charge in [0.2, 0.25) is 0 Å². The lowest BCUT2D eigenvalue weighted by Crippen LogP contribution is -2.31. The first kappa shape index (κ1) is 13.8. The van der Waals surface area contributed by atoms with Gasteiger partial charge in [-0.3, -0.25) is 14.4 Å². The van der Waals surface area contributed by atoms with Crippen LogP contribution in [0.3, 0.4) is 0 Å². The first-order valence-corrected chi connectivity index (χ1v) is 5.09. The lowest BCUT2D eigenvalue weighted by Gasteiger charge is -2.14. The molecule has 0 saturated carbocycles. The maximum absolute atomic E-state index is 11.6. The fourth-order valence-electron chi connectivity index (χ4n) is 1.23. The van der Waals surface area contributed by atoms with Crippen LogP contribution < -0.4 is 0 Å². The van der Waals surface area contributed by atoms with Crippen molar-refractivity contribution in [1.82, 2.24) is 0 Å². The molecule has 4 nitrogen and oxygen atoms in total. The van der Waals surface area contributed by atoms with E-state index in [9.17, 15) is 14.4 Å². The highest BCUT2D eigenvalue weighted by Gasteiger charge is 2.30. The molecule has 0 N–H and O–H groups in total. The molecule has 0 aliphatic rings. The van der Waals surface area contributed by atoms with Crippen molar-refractivity contribution >= 4 is 17.5 Å². The third kappa shape index (κ3) is 4.72. The standard InChI is InChI=1S/C11H18O4/c1-5-15-11(14)9(6-8(4)12)10(13)7(2)3/h7,9H,5-6H2,1-4H3. The number of Topliss-reactive ketones (excluding diaryl/α,β-unsaturated/α-hetero) is 2. The maximum Gasteiger partial charge on any atom is 0.316 e. The first-order valence-electron chi connectivity index (χ1n) is 5.09. The molecule has 15 heavy (non-hydrogen) atoms. The van der Waals surface area contributed by atoms with E-state index in [1.807, 2.05) is 0 Å². The van der Waals surface area contributed by atoms with Crippen LogP contribution in [0.5, 0.6) is 0 Å². The van der Waals surface area contributed by atoms with E-state index in [2.05, 4.69) is 0 Å². The van der Waals surface area contributed by atoms with E-state index in [0.717, 1.165) is 0 Å². The van der Waals surface area contributed by atoms with Crippen molar-refractivity contribution in [1.29, 1.82) is 0 Å². The zero-order valence-corrected chi connectivity index (χ0v) is 9.70. The highest BCUT2D eigenvalue weighted by atomic mass is 16.5. The minimum atomic E-state index is -0.928. The number of esters is 1. The van der Waals surface area contributed by atoms with Crippen LogP contribution in [0.4, 0.5) is 0 Å². The van der Waals surface area contributed by atoms with Gasteiger partial charge in [0.25, 0.3) is 0 Å². The summed E-state index contributed by atoms with van der Waals surface area (Å²) in [7, 11) is 0. The second kappa shape index (κ2) is 6.32. The van der Waals surface area contributed by atoms with Crippen LogP contribution in [0.2, 0.25) is 0 Å². The van der Waals surface area contributed by atoms with Gasteiger partial charge in [0.05, 0.1) is 6.61 Å². The Balaban J connectivity index is 4.64. The molecule has 0 aliphatic heterocycles. The van der Waals surface area contributed by atoms with Crippen LogP contribution in [0.25, 0.3) is 0 Å². The molecule has 0 aromatic heterocycles. The second-order valence-electron chi connectivity index (χ2n) is 3.77. The topological polar surface area (TPSA) is 60.4 Å². The molecule has 0 aromatic carbocycles. The molecule has 0 bridgehead atoms. The van der Waals surface area contributed by atoms with Gasteiger partial charge in [-0.05, 0) is 13.8 Å². The van der Waals surface area contributed by atoms with Gasteiger partial charge in [-0.1, -0.05) is 13.8 Å². The SMILES string of the molecule is CCOC(=O)C(CC(C)=O)C(=O)C(C)C. The molecular weight excluding hydrogens is 196 g/mol. The molecule has 0 fully saturated rings. The predicted molar refractivity (Wildman–Crippen MR) is 55.3 cm³/mol. The van der Waals surface area contributed by atoms with Gasteiger partial charge in [0.15, 0.2) is 0 Å². The molecule has 0 heterocycles. The van der Waals surface area contributed by atoms with Crippen LogP contribution in [0.15, 0.2) is 0 Å². The van der Waals surface area contributed by atoms with Crippen LogP contribution in [0.1, 0.15) is 34.1 Å². The summed E-state index contributed by atoms with van der Waals surface area (Å²) in [5, 5.41) is 0. The second-order valence-corrected chi connectivity index (χ2v) is 3.77. The van der Waals surface area contributed by atoms with E-state index >= 15 is 0 Å². The third-order valence-electron chi connectivity index (χ3n) is 1.98. The number of ketones is 2. The van der Waals surface area contributed by atoms with E-state index in [1.165, 1.54) is 6.92 Å².